The van der Waals surface area contributed by atoms with Crippen molar-refractivity contribution in [2.75, 3.05) is 18.2 Å². The number of anilines is 1. The second-order valence-electron chi connectivity index (χ2n) is 10.5. The zero-order valence-corrected chi connectivity index (χ0v) is 25.4. The normalized spacial score (nSPS) is 18.8. The number of rotatable bonds is 11. The fourth-order valence-electron chi connectivity index (χ4n) is 4.92. The van der Waals surface area contributed by atoms with Gasteiger partial charge in [-0.2, -0.15) is 0 Å². The summed E-state index contributed by atoms with van der Waals surface area (Å²) in [6, 6.07) is 23.1. The Labute approximate surface area is 260 Å². The number of nitrogens with one attached hydrogen (secondary N) is 2. The summed E-state index contributed by atoms with van der Waals surface area (Å²) < 4.78 is 19.7. The van der Waals surface area contributed by atoms with Gasteiger partial charge in [0, 0.05) is 49.3 Å². The first kappa shape index (κ1) is 31.3. The van der Waals surface area contributed by atoms with Crippen molar-refractivity contribution in [1.29, 1.82) is 0 Å². The number of hydrogen-bond acceptors (Lipinski definition) is 8. The number of carbonyl (C=O) groups excluding carboxylic acids is 2. The second-order valence-corrected chi connectivity index (χ2v) is 11.5. The molecule has 0 aliphatic carbocycles. The molecule has 0 spiro atoms. The van der Waals surface area contributed by atoms with E-state index in [2.05, 4.69) is 15.6 Å². The van der Waals surface area contributed by atoms with Gasteiger partial charge >= 0.3 is 12.0 Å². The maximum absolute atomic E-state index is 12.8. The van der Waals surface area contributed by atoms with Crippen LogP contribution in [-0.4, -0.2) is 51.7 Å². The molecule has 10 nitrogen and oxygen atoms in total. The quantitative estimate of drug-likeness (QED) is 0.156. The summed E-state index contributed by atoms with van der Waals surface area (Å²) >= 11 is 1.63. The van der Waals surface area contributed by atoms with E-state index in [1.54, 1.807) is 30.1 Å². The van der Waals surface area contributed by atoms with Crippen LogP contribution in [0.25, 0.3) is 0 Å². The summed E-state index contributed by atoms with van der Waals surface area (Å²) in [5.74, 6) is 0.169. The Hall–Kier alpha value is -4.16. The maximum Gasteiger partial charge on any atom is 0.328 e. The lowest BCUT2D eigenvalue weighted by atomic mass is 10.0. The predicted molar refractivity (Wildman–Crippen MR) is 167 cm³/mol. The minimum Gasteiger partial charge on any atom is -0.467 e. The van der Waals surface area contributed by atoms with Gasteiger partial charge in [0.25, 0.3) is 0 Å². The van der Waals surface area contributed by atoms with E-state index in [-0.39, 0.29) is 18.8 Å². The lowest BCUT2D eigenvalue weighted by Gasteiger charge is -2.36. The van der Waals surface area contributed by atoms with Crippen LogP contribution in [-0.2, 0) is 39.1 Å². The summed E-state index contributed by atoms with van der Waals surface area (Å²) in [5, 5.41) is 15.9. The molecule has 230 valence electrons. The van der Waals surface area contributed by atoms with Crippen LogP contribution in [0.2, 0.25) is 0 Å². The summed E-state index contributed by atoms with van der Waals surface area (Å²) in [6.45, 7) is -0.0186. The number of hydrogen-bond donors (Lipinski definition) is 3. The third-order valence-corrected chi connectivity index (χ3v) is 8.49. The van der Waals surface area contributed by atoms with Gasteiger partial charge in [-0.1, -0.05) is 78.5 Å². The van der Waals surface area contributed by atoms with Gasteiger partial charge in [0.15, 0.2) is 11.4 Å². The highest BCUT2D eigenvalue weighted by atomic mass is 32.2. The molecular formula is C33H36N4O6S. The number of imidazole rings is 1. The van der Waals surface area contributed by atoms with Crippen LogP contribution < -0.4 is 10.6 Å². The molecule has 11 heteroatoms. The maximum atomic E-state index is 12.8. The van der Waals surface area contributed by atoms with E-state index >= 15 is 0 Å². The second kappa shape index (κ2) is 15.0. The number of aliphatic hydroxyl groups is 1. The van der Waals surface area contributed by atoms with Crippen molar-refractivity contribution in [3.63, 3.8) is 0 Å². The van der Waals surface area contributed by atoms with Crippen molar-refractivity contribution in [2.24, 2.45) is 7.05 Å². The molecule has 1 aliphatic heterocycles. The third-order valence-electron chi connectivity index (χ3n) is 7.30. The number of benzene rings is 3. The van der Waals surface area contributed by atoms with Crippen molar-refractivity contribution >= 4 is 29.4 Å². The standard InChI is InChI=1S/C33H36N4O6S/c1-37-17-16-34-33(37)44-21-27-19-29(24-10-8-23(20-38)9-11-24)43-31(42-27)25-12-14-26(15-13-25)35-32(40)36-28(30(39)41-2)18-22-6-4-3-5-7-22/h3-17,27-29,31,38H,18-21H2,1-2H3,(H2,35,36,40)/t27-,28-,29+,31+/m0/s1. The molecule has 0 unspecified atom stereocenters. The molecule has 1 fully saturated rings. The highest BCUT2D eigenvalue weighted by Gasteiger charge is 2.32. The van der Waals surface area contributed by atoms with Crippen LogP contribution in [0.1, 0.15) is 41.1 Å². The van der Waals surface area contributed by atoms with Crippen molar-refractivity contribution in [1.82, 2.24) is 14.9 Å². The fourth-order valence-corrected chi connectivity index (χ4v) is 5.87. The van der Waals surface area contributed by atoms with Crippen molar-refractivity contribution in [3.05, 3.63) is 114 Å². The molecule has 0 saturated carbocycles. The first-order chi connectivity index (χ1) is 21.4. The van der Waals surface area contributed by atoms with Gasteiger partial charge in [-0.3, -0.25) is 0 Å². The smallest absolute Gasteiger partial charge is 0.328 e. The lowest BCUT2D eigenvalue weighted by molar-refractivity contribution is -0.245. The molecule has 4 aromatic rings. The van der Waals surface area contributed by atoms with E-state index in [4.69, 9.17) is 14.2 Å². The molecule has 1 saturated heterocycles. The van der Waals surface area contributed by atoms with Gasteiger partial charge in [0.1, 0.15) is 6.04 Å². The molecule has 2 amide bonds. The Morgan fingerprint density at radius 1 is 1.02 bits per heavy atom. The fraction of sp³-hybridized carbons (Fsp3) is 0.303. The van der Waals surface area contributed by atoms with Gasteiger partial charge in [0.05, 0.1) is 25.9 Å². The Bertz CT molecular complexity index is 1510. The third kappa shape index (κ3) is 8.26. The van der Waals surface area contributed by atoms with Crippen LogP contribution in [0, 0.1) is 0 Å². The van der Waals surface area contributed by atoms with Crippen molar-refractivity contribution in [2.45, 2.75) is 49.1 Å². The van der Waals surface area contributed by atoms with Crippen LogP contribution in [0.4, 0.5) is 10.5 Å². The number of ether oxygens (including phenoxy) is 3. The first-order valence-electron chi connectivity index (χ1n) is 14.3. The largest absolute Gasteiger partial charge is 0.467 e. The van der Waals surface area contributed by atoms with Crippen molar-refractivity contribution in [3.8, 4) is 0 Å². The van der Waals surface area contributed by atoms with E-state index in [1.165, 1.54) is 7.11 Å². The number of carbonyl (C=O) groups is 2. The molecule has 1 aromatic heterocycles. The average Bonchev–Trinajstić information content (AvgIpc) is 3.48. The highest BCUT2D eigenvalue weighted by Crippen LogP contribution is 2.39. The van der Waals surface area contributed by atoms with Crippen molar-refractivity contribution < 1.29 is 28.9 Å². The SMILES string of the molecule is COC(=O)[C@H](Cc1ccccc1)NC(=O)Nc1ccc([C@@H]2O[C@H](CSc3nccn3C)C[C@H](c3ccc(CO)cc3)O2)cc1. The van der Waals surface area contributed by atoms with E-state index in [9.17, 15) is 14.7 Å². The van der Waals surface area contributed by atoms with Gasteiger partial charge in [-0.15, -0.1) is 0 Å². The van der Waals surface area contributed by atoms with E-state index < -0.39 is 24.3 Å². The molecule has 0 radical (unpaired) electrons. The molecule has 2 heterocycles. The van der Waals surface area contributed by atoms with Crippen LogP contribution in [0.15, 0.2) is 96.4 Å². The van der Waals surface area contributed by atoms with E-state index in [0.29, 0.717) is 24.3 Å². The number of esters is 1. The number of nitrogens with zero attached hydrogens (tertiary/aromatic N) is 2. The molecule has 3 N–H and O–H groups in total. The lowest BCUT2D eigenvalue weighted by Crippen LogP contribution is -2.45. The Kier molecular flexibility index (Phi) is 10.7. The number of urea groups is 1. The van der Waals surface area contributed by atoms with Crippen LogP contribution in [0.5, 0.6) is 0 Å². The zero-order chi connectivity index (χ0) is 30.9. The number of aliphatic hydroxyl groups excluding tert-OH is 1. The number of aryl methyl sites for hydroxylation is 1. The molecule has 44 heavy (non-hydrogen) atoms. The molecule has 4 atom stereocenters. The summed E-state index contributed by atoms with van der Waals surface area (Å²) in [6.07, 6.45) is 3.71. The molecule has 0 bridgehead atoms. The Morgan fingerprint density at radius 3 is 2.41 bits per heavy atom. The molecular weight excluding hydrogens is 580 g/mol. The van der Waals surface area contributed by atoms with Gasteiger partial charge in [0.2, 0.25) is 0 Å². The molecule has 5 rings (SSSR count). The number of thioether (sulfide) groups is 1. The average molecular weight is 617 g/mol. The summed E-state index contributed by atoms with van der Waals surface area (Å²) in [5.41, 5.74) is 4.09. The van der Waals surface area contributed by atoms with Crippen LogP contribution in [0.3, 0.4) is 0 Å². The highest BCUT2D eigenvalue weighted by molar-refractivity contribution is 7.99. The van der Waals surface area contributed by atoms with Crippen LogP contribution >= 0.6 is 11.8 Å². The topological polar surface area (TPSA) is 124 Å². The number of methoxy groups -OCH3 is 1. The first-order valence-corrected chi connectivity index (χ1v) is 15.3. The Morgan fingerprint density at radius 2 is 1.75 bits per heavy atom. The molecule has 3 aromatic carbocycles. The zero-order valence-electron chi connectivity index (χ0n) is 24.6. The summed E-state index contributed by atoms with van der Waals surface area (Å²) in [7, 11) is 3.26. The minimum absolute atomic E-state index is 0.0186. The minimum atomic E-state index is -0.838. The van der Waals surface area contributed by atoms with E-state index in [0.717, 1.165) is 27.4 Å². The number of amides is 2. The monoisotopic (exact) mass is 616 g/mol. The Balaban J connectivity index is 1.25. The van der Waals surface area contributed by atoms with Gasteiger partial charge in [-0.05, 0) is 28.8 Å². The number of aromatic nitrogens is 2. The van der Waals surface area contributed by atoms with Gasteiger partial charge < -0.3 is 34.5 Å². The van der Waals surface area contributed by atoms with E-state index in [1.807, 2.05) is 84.5 Å². The summed E-state index contributed by atoms with van der Waals surface area (Å²) in [4.78, 5) is 29.5. The predicted octanol–water partition coefficient (Wildman–Crippen LogP) is 5.16. The molecule has 1 aliphatic rings. The van der Waals surface area contributed by atoms with Gasteiger partial charge in [-0.25, -0.2) is 14.6 Å².